The molecular formula is C6H14NO4P. The van der Waals surface area contributed by atoms with E-state index in [1.807, 2.05) is 0 Å². The molecule has 0 amide bonds. The van der Waals surface area contributed by atoms with E-state index in [0.29, 0.717) is 0 Å². The monoisotopic (exact) mass is 195 g/mol. The van der Waals surface area contributed by atoms with E-state index in [2.05, 4.69) is 24.2 Å². The van der Waals surface area contributed by atoms with Crippen LogP contribution >= 0.6 is 7.82 Å². The van der Waals surface area contributed by atoms with Gasteiger partial charge in [0.2, 0.25) is 0 Å². The van der Waals surface area contributed by atoms with Crippen LogP contribution in [0.4, 0.5) is 0 Å². The van der Waals surface area contributed by atoms with Crippen molar-refractivity contribution in [2.45, 2.75) is 12.8 Å². The Kier molecular flexibility index (Phi) is 5.17. The minimum Gasteiger partial charge on any atom is -0.381 e. The van der Waals surface area contributed by atoms with E-state index in [4.69, 9.17) is 19.2 Å². The lowest BCUT2D eigenvalue weighted by molar-refractivity contribution is 0.275. The summed E-state index contributed by atoms with van der Waals surface area (Å²) >= 11 is 0. The smallest absolute Gasteiger partial charge is 0.381 e. The number of rotatable bonds is 0. The number of phosphoric acid groups is 1. The fraction of sp³-hybridized carbons (Fsp3) is 0.667. The van der Waals surface area contributed by atoms with Gasteiger partial charge in [-0.1, -0.05) is 6.08 Å². The first kappa shape index (κ1) is 11.6. The van der Waals surface area contributed by atoms with Crippen LogP contribution in [-0.4, -0.2) is 33.2 Å². The zero-order chi connectivity index (χ0) is 9.61. The molecule has 6 heteroatoms. The highest BCUT2D eigenvalue weighted by molar-refractivity contribution is 7.45. The van der Waals surface area contributed by atoms with Crippen molar-refractivity contribution in [3.63, 3.8) is 0 Å². The van der Waals surface area contributed by atoms with Gasteiger partial charge in [0.25, 0.3) is 0 Å². The maximum Gasteiger partial charge on any atom is 0.466 e. The summed E-state index contributed by atoms with van der Waals surface area (Å²) in [5, 5.41) is 0. The van der Waals surface area contributed by atoms with Gasteiger partial charge in [-0.2, -0.15) is 0 Å². The lowest BCUT2D eigenvalue weighted by Gasteiger charge is -2.16. The molecule has 1 aliphatic rings. The molecule has 72 valence electrons. The second-order valence-electron chi connectivity index (χ2n) is 2.52. The SMILES string of the molecule is CN1C=CCCC1.O=P(O)(O)O. The first-order valence-electron chi connectivity index (χ1n) is 3.55. The Bertz CT molecular complexity index is 180. The summed E-state index contributed by atoms with van der Waals surface area (Å²) in [4.78, 5) is 23.8. The maximum atomic E-state index is 8.88. The van der Waals surface area contributed by atoms with E-state index in [9.17, 15) is 0 Å². The molecule has 1 aliphatic heterocycles. The van der Waals surface area contributed by atoms with E-state index in [0.717, 1.165) is 0 Å². The Morgan fingerprint density at radius 3 is 2.08 bits per heavy atom. The summed E-state index contributed by atoms with van der Waals surface area (Å²) < 4.78 is 8.88. The number of hydrogen-bond donors (Lipinski definition) is 3. The number of hydrogen-bond acceptors (Lipinski definition) is 2. The summed E-state index contributed by atoms with van der Waals surface area (Å²) in [5.41, 5.74) is 0. The number of allylic oxidation sites excluding steroid dienone is 1. The third-order valence-corrected chi connectivity index (χ3v) is 1.24. The van der Waals surface area contributed by atoms with Gasteiger partial charge < -0.3 is 19.6 Å². The van der Waals surface area contributed by atoms with Crippen LogP contribution in [-0.2, 0) is 4.57 Å². The van der Waals surface area contributed by atoms with Crippen LogP contribution in [0, 0.1) is 0 Å². The number of nitrogens with zero attached hydrogens (tertiary/aromatic N) is 1. The molecule has 0 aromatic rings. The second kappa shape index (κ2) is 5.32. The lowest BCUT2D eigenvalue weighted by atomic mass is 10.2. The first-order chi connectivity index (χ1) is 5.39. The molecule has 1 heterocycles. The van der Waals surface area contributed by atoms with Crippen molar-refractivity contribution in [3.05, 3.63) is 12.3 Å². The Balaban J connectivity index is 0.000000217. The Morgan fingerprint density at radius 1 is 1.42 bits per heavy atom. The molecule has 0 saturated carbocycles. The molecule has 0 radical (unpaired) electrons. The average molecular weight is 195 g/mol. The highest BCUT2D eigenvalue weighted by Crippen LogP contribution is 2.25. The van der Waals surface area contributed by atoms with Crippen LogP contribution in [0.1, 0.15) is 12.8 Å². The molecule has 0 aliphatic carbocycles. The molecule has 0 spiro atoms. The molecule has 1 rings (SSSR count). The zero-order valence-electron chi connectivity index (χ0n) is 6.92. The van der Waals surface area contributed by atoms with Gasteiger partial charge in [0, 0.05) is 13.6 Å². The van der Waals surface area contributed by atoms with Gasteiger partial charge >= 0.3 is 7.82 Å². The Morgan fingerprint density at radius 2 is 1.92 bits per heavy atom. The van der Waals surface area contributed by atoms with Crippen LogP contribution in [0.3, 0.4) is 0 Å². The Labute approximate surface area is 71.6 Å². The first-order valence-corrected chi connectivity index (χ1v) is 5.11. The van der Waals surface area contributed by atoms with Gasteiger partial charge in [0.05, 0.1) is 0 Å². The molecule has 3 N–H and O–H groups in total. The van der Waals surface area contributed by atoms with Gasteiger partial charge in [0.1, 0.15) is 0 Å². The van der Waals surface area contributed by atoms with Crippen molar-refractivity contribution in [1.29, 1.82) is 0 Å². The minimum atomic E-state index is -4.64. The van der Waals surface area contributed by atoms with Crippen molar-refractivity contribution in [2.75, 3.05) is 13.6 Å². The molecule has 0 unspecified atom stereocenters. The van der Waals surface area contributed by atoms with Crippen molar-refractivity contribution >= 4 is 7.82 Å². The minimum absolute atomic E-state index is 1.23. The normalized spacial score (nSPS) is 16.8. The fourth-order valence-electron chi connectivity index (χ4n) is 0.788. The van der Waals surface area contributed by atoms with E-state index in [1.54, 1.807) is 0 Å². The van der Waals surface area contributed by atoms with Crippen molar-refractivity contribution in [1.82, 2.24) is 4.90 Å². The zero-order valence-corrected chi connectivity index (χ0v) is 7.81. The highest BCUT2D eigenvalue weighted by Gasteiger charge is 2.00. The highest BCUT2D eigenvalue weighted by atomic mass is 31.2. The maximum absolute atomic E-state index is 8.88. The summed E-state index contributed by atoms with van der Waals surface area (Å²) in [6.07, 6.45) is 6.95. The van der Waals surface area contributed by atoms with Gasteiger partial charge in [-0.25, -0.2) is 4.57 Å². The van der Waals surface area contributed by atoms with Gasteiger partial charge in [-0.05, 0) is 19.0 Å². The topological polar surface area (TPSA) is 81.0 Å². The summed E-state index contributed by atoms with van der Waals surface area (Å²) in [7, 11) is -2.53. The molecule has 0 fully saturated rings. The van der Waals surface area contributed by atoms with Crippen LogP contribution in [0.15, 0.2) is 12.3 Å². The quantitative estimate of drug-likeness (QED) is 0.484. The van der Waals surface area contributed by atoms with E-state index >= 15 is 0 Å². The second-order valence-corrected chi connectivity index (χ2v) is 3.55. The van der Waals surface area contributed by atoms with E-state index in [-0.39, 0.29) is 0 Å². The Hall–Kier alpha value is -0.350. The average Bonchev–Trinajstić information content (AvgIpc) is 1.85. The van der Waals surface area contributed by atoms with Crippen molar-refractivity contribution in [3.8, 4) is 0 Å². The van der Waals surface area contributed by atoms with Crippen LogP contribution in [0.5, 0.6) is 0 Å². The van der Waals surface area contributed by atoms with Crippen LogP contribution in [0.25, 0.3) is 0 Å². The summed E-state index contributed by atoms with van der Waals surface area (Å²) in [6, 6.07) is 0. The predicted octanol–water partition coefficient (Wildman–Crippen LogP) is 0.297. The van der Waals surface area contributed by atoms with Gasteiger partial charge in [0.15, 0.2) is 0 Å². The summed E-state index contributed by atoms with van der Waals surface area (Å²) in [6.45, 7) is 1.23. The lowest BCUT2D eigenvalue weighted by Crippen LogP contribution is -2.14. The predicted molar refractivity (Wildman–Crippen MR) is 45.3 cm³/mol. The van der Waals surface area contributed by atoms with Crippen LogP contribution < -0.4 is 0 Å². The van der Waals surface area contributed by atoms with E-state index < -0.39 is 7.82 Å². The molecule has 5 nitrogen and oxygen atoms in total. The van der Waals surface area contributed by atoms with Crippen molar-refractivity contribution in [2.24, 2.45) is 0 Å². The third kappa shape index (κ3) is 12.3. The molecule has 0 aromatic carbocycles. The molecular weight excluding hydrogens is 181 g/mol. The fourth-order valence-corrected chi connectivity index (χ4v) is 0.788. The van der Waals surface area contributed by atoms with Crippen LogP contribution in [0.2, 0.25) is 0 Å². The molecule has 12 heavy (non-hydrogen) atoms. The molecule has 0 bridgehead atoms. The molecule has 0 atom stereocenters. The third-order valence-electron chi connectivity index (χ3n) is 1.24. The summed E-state index contributed by atoms with van der Waals surface area (Å²) in [5.74, 6) is 0. The standard InChI is InChI=1S/C6H11N.H3O4P/c1-7-5-3-2-4-6-7;1-5(2,3)4/h3,5H,2,4,6H2,1H3;(H3,1,2,3,4). The van der Waals surface area contributed by atoms with Gasteiger partial charge in [-0.15, -0.1) is 0 Å². The van der Waals surface area contributed by atoms with Gasteiger partial charge in [-0.3, -0.25) is 0 Å². The molecule has 0 aromatic heterocycles. The largest absolute Gasteiger partial charge is 0.466 e. The van der Waals surface area contributed by atoms with E-state index in [1.165, 1.54) is 19.4 Å². The van der Waals surface area contributed by atoms with Crippen molar-refractivity contribution < 1.29 is 19.2 Å². The molecule has 0 saturated heterocycles.